The van der Waals surface area contributed by atoms with Crippen LogP contribution in [-0.4, -0.2) is 86.9 Å². The van der Waals surface area contributed by atoms with Gasteiger partial charge in [0.1, 0.15) is 0 Å². The van der Waals surface area contributed by atoms with E-state index in [2.05, 4.69) is 42.5 Å². The standard InChI is InChI=1S/C36H26Br2F4N2O8Se2/c37-21-5-11-25(27(41)13-21)33(47)43-29(35(49)51-15-31(45)19-1-7-23(39)8-2-19)17-53-54-18-30(44-34(48)26-12-6-22(38)14-28(26)42)36(50)52-16-32(46)20-3-9-24(40)10-4-20/h1-14,29-30H,15-18H2,(H,43,47)(H,44,48)/t29-,30-/m0/s1. The average Bonchev–Trinajstić information content (AvgIpc) is 3.13. The molecule has 0 saturated carbocycles. The second kappa shape index (κ2) is 20.5. The average molecular weight is 1010 g/mol. The number of ether oxygens (including phenoxy) is 2. The minimum absolute atomic E-state index is 0.0663. The first kappa shape index (κ1) is 42.6. The molecule has 0 unspecified atom stereocenters. The zero-order chi connectivity index (χ0) is 39.4. The molecule has 0 fully saturated rings. The normalized spacial score (nSPS) is 11.9. The number of benzene rings is 4. The first-order valence-corrected chi connectivity index (χ1v) is 23.7. The van der Waals surface area contributed by atoms with E-state index in [-0.39, 0.29) is 32.9 Å². The summed E-state index contributed by atoms with van der Waals surface area (Å²) in [6.07, 6.45) is 0. The van der Waals surface area contributed by atoms with Crippen LogP contribution >= 0.6 is 31.9 Å². The monoisotopic (exact) mass is 1010 g/mol. The third-order valence-corrected chi connectivity index (χ3v) is 15.2. The Morgan fingerprint density at radius 3 is 1.24 bits per heavy atom. The van der Waals surface area contributed by atoms with Gasteiger partial charge in [0.15, 0.2) is 0 Å². The van der Waals surface area contributed by atoms with Crippen molar-refractivity contribution in [2.24, 2.45) is 0 Å². The molecule has 2 N–H and O–H groups in total. The van der Waals surface area contributed by atoms with Crippen LogP contribution in [0.15, 0.2) is 93.9 Å². The van der Waals surface area contributed by atoms with Crippen LogP contribution in [0.1, 0.15) is 41.4 Å². The van der Waals surface area contributed by atoms with Gasteiger partial charge in [-0.1, -0.05) is 0 Å². The van der Waals surface area contributed by atoms with Gasteiger partial charge in [0.25, 0.3) is 0 Å². The van der Waals surface area contributed by atoms with E-state index < -0.39 is 110 Å². The maximum absolute atomic E-state index is 14.6. The molecule has 4 rings (SSSR count). The fourth-order valence-electron chi connectivity index (χ4n) is 4.30. The predicted molar refractivity (Wildman–Crippen MR) is 195 cm³/mol. The molecule has 10 nitrogen and oxygen atoms in total. The van der Waals surface area contributed by atoms with Gasteiger partial charge >= 0.3 is 335 Å². The summed E-state index contributed by atoms with van der Waals surface area (Å²) in [7, 11) is 0. The molecule has 0 aliphatic carbocycles. The fourth-order valence-corrected chi connectivity index (χ4v) is 11.9. The van der Waals surface area contributed by atoms with Crippen molar-refractivity contribution in [2.45, 2.75) is 22.7 Å². The number of carbonyl (C=O) groups is 6. The number of Topliss-reactive ketones (excluding diaryl/α,β-unsaturated/α-hetero) is 2. The van der Waals surface area contributed by atoms with Crippen LogP contribution in [0.2, 0.25) is 10.6 Å². The Labute approximate surface area is 333 Å². The molecule has 0 aliphatic heterocycles. The van der Waals surface area contributed by atoms with E-state index in [4.69, 9.17) is 9.47 Å². The first-order chi connectivity index (χ1) is 25.7. The molecule has 2 amide bonds. The zero-order valence-electron chi connectivity index (χ0n) is 27.4. The zero-order valence-corrected chi connectivity index (χ0v) is 34.0. The molecule has 0 radical (unpaired) electrons. The van der Waals surface area contributed by atoms with Crippen molar-refractivity contribution < 1.29 is 55.8 Å². The molecule has 2 atom stereocenters. The number of carbonyl (C=O) groups excluding carboxylic acids is 6. The van der Waals surface area contributed by atoms with Gasteiger partial charge in [-0.15, -0.1) is 0 Å². The third-order valence-electron chi connectivity index (χ3n) is 7.11. The van der Waals surface area contributed by atoms with Crippen LogP contribution in [0.4, 0.5) is 17.6 Å². The number of hydrogen-bond acceptors (Lipinski definition) is 8. The van der Waals surface area contributed by atoms with E-state index in [9.17, 15) is 46.3 Å². The summed E-state index contributed by atoms with van der Waals surface area (Å²) in [5.74, 6) is -8.18. The SMILES string of the molecule is O=C(COC(=O)[C@H](C[Se][Se]C[C@H](NC(=O)c1ccc(Br)cc1F)C(=O)OCC(=O)c1ccc(F)cc1)NC(=O)c1ccc(Br)cc1F)c1ccc(F)cc1. The summed E-state index contributed by atoms with van der Waals surface area (Å²) in [5, 5.41) is 4.70. The summed E-state index contributed by atoms with van der Waals surface area (Å²) < 4.78 is 66.8. The molecule has 18 heteroatoms. The predicted octanol–water partition coefficient (Wildman–Crippen LogP) is 5.68. The summed E-state index contributed by atoms with van der Waals surface area (Å²) in [6, 6.07) is 13.6. The molecule has 0 bridgehead atoms. The topological polar surface area (TPSA) is 145 Å². The minimum atomic E-state index is -1.38. The van der Waals surface area contributed by atoms with Gasteiger partial charge in [-0.2, -0.15) is 0 Å². The summed E-state index contributed by atoms with van der Waals surface area (Å²) >= 11 is 5.09. The number of ketones is 2. The van der Waals surface area contributed by atoms with E-state index in [0.717, 1.165) is 36.4 Å². The Kier molecular flexibility index (Phi) is 16.1. The molecule has 0 aromatic heterocycles. The Bertz CT molecular complexity index is 1900. The van der Waals surface area contributed by atoms with Gasteiger partial charge < -0.3 is 0 Å². The number of rotatable bonds is 17. The molecule has 0 aliphatic rings. The number of nitrogens with one attached hydrogen (secondary N) is 2. The molecule has 4 aromatic rings. The van der Waals surface area contributed by atoms with Crippen LogP contribution in [0.5, 0.6) is 0 Å². The Hall–Kier alpha value is -4.18. The maximum atomic E-state index is 14.6. The number of esters is 2. The Morgan fingerprint density at radius 1 is 0.556 bits per heavy atom. The fraction of sp³-hybridized carbons (Fsp3) is 0.167. The second-order valence-electron chi connectivity index (χ2n) is 10.9. The molecular formula is C36H26Br2F4N2O8Se2. The van der Waals surface area contributed by atoms with E-state index in [1.807, 2.05) is 0 Å². The van der Waals surface area contributed by atoms with Crippen molar-refractivity contribution in [3.05, 3.63) is 139 Å². The van der Waals surface area contributed by atoms with Crippen LogP contribution < -0.4 is 10.6 Å². The van der Waals surface area contributed by atoms with Crippen LogP contribution in [-0.2, 0) is 19.1 Å². The molecule has 0 heterocycles. The van der Waals surface area contributed by atoms with Crippen molar-refractivity contribution in [1.82, 2.24) is 10.6 Å². The second-order valence-corrected chi connectivity index (χ2v) is 20.3. The molecule has 0 saturated heterocycles. The number of halogens is 6. The van der Waals surface area contributed by atoms with Crippen molar-refractivity contribution in [3.63, 3.8) is 0 Å². The summed E-state index contributed by atoms with van der Waals surface area (Å²) in [6.45, 7) is -1.49. The van der Waals surface area contributed by atoms with E-state index >= 15 is 0 Å². The molecular weight excluding hydrogens is 982 g/mol. The van der Waals surface area contributed by atoms with E-state index in [0.29, 0.717) is 8.95 Å². The van der Waals surface area contributed by atoms with Crippen molar-refractivity contribution in [2.75, 3.05) is 13.2 Å². The van der Waals surface area contributed by atoms with Gasteiger partial charge in [0, 0.05) is 0 Å². The van der Waals surface area contributed by atoms with Gasteiger partial charge in [-0.3, -0.25) is 0 Å². The van der Waals surface area contributed by atoms with Crippen molar-refractivity contribution >= 4 is 93.4 Å². The van der Waals surface area contributed by atoms with Crippen molar-refractivity contribution in [3.8, 4) is 0 Å². The van der Waals surface area contributed by atoms with E-state index in [1.54, 1.807) is 0 Å². The molecule has 4 aromatic carbocycles. The number of amides is 2. The van der Waals surface area contributed by atoms with Crippen molar-refractivity contribution in [1.29, 1.82) is 0 Å². The molecule has 54 heavy (non-hydrogen) atoms. The van der Waals surface area contributed by atoms with E-state index in [1.165, 1.54) is 48.5 Å². The summed E-state index contributed by atoms with van der Waals surface area (Å²) in [4.78, 5) is 77.4. The quantitative estimate of drug-likeness (QED) is 0.0453. The van der Waals surface area contributed by atoms with Crippen LogP contribution in [0.25, 0.3) is 0 Å². The van der Waals surface area contributed by atoms with Gasteiger partial charge in [0.2, 0.25) is 0 Å². The molecule has 0 spiro atoms. The number of hydrogen-bond donors (Lipinski definition) is 2. The third kappa shape index (κ3) is 12.7. The van der Waals surface area contributed by atoms with Gasteiger partial charge in [0.05, 0.1) is 0 Å². The Morgan fingerprint density at radius 2 is 0.907 bits per heavy atom. The first-order valence-electron chi connectivity index (χ1n) is 15.4. The van der Waals surface area contributed by atoms with Crippen LogP contribution in [0.3, 0.4) is 0 Å². The van der Waals surface area contributed by atoms with Gasteiger partial charge in [-0.05, 0) is 0 Å². The Balaban J connectivity index is 1.45. The molecule has 282 valence electrons. The van der Waals surface area contributed by atoms with Crippen LogP contribution in [0, 0.1) is 23.3 Å². The summed E-state index contributed by atoms with van der Waals surface area (Å²) in [5.41, 5.74) is -0.622. The van der Waals surface area contributed by atoms with Gasteiger partial charge in [-0.25, -0.2) is 0 Å².